The van der Waals surface area contributed by atoms with Crippen LogP contribution >= 0.6 is 0 Å². The molecule has 21 heavy (non-hydrogen) atoms. The molecule has 1 unspecified atom stereocenters. The Hall–Kier alpha value is -0.860. The van der Waals surface area contributed by atoms with Crippen LogP contribution in [0.2, 0.25) is 0 Å². The van der Waals surface area contributed by atoms with Crippen LogP contribution in [0.5, 0.6) is 0 Å². The minimum atomic E-state index is 0.371. The van der Waals surface area contributed by atoms with E-state index in [9.17, 15) is 0 Å². The molecule has 1 aromatic carbocycles. The van der Waals surface area contributed by atoms with Crippen molar-refractivity contribution in [3.63, 3.8) is 0 Å². The van der Waals surface area contributed by atoms with Crippen molar-refractivity contribution < 1.29 is 0 Å². The van der Waals surface area contributed by atoms with Crippen LogP contribution in [-0.4, -0.2) is 24.0 Å². The van der Waals surface area contributed by atoms with Crippen molar-refractivity contribution in [2.45, 2.75) is 65.5 Å². The fraction of sp³-hybridized carbons (Fsp3) is 0.684. The normalized spacial score (nSPS) is 17.9. The number of benzene rings is 1. The number of hydrogen-bond acceptors (Lipinski definition) is 2. The summed E-state index contributed by atoms with van der Waals surface area (Å²) in [6, 6.07) is 7.88. The molecule has 0 aromatic heterocycles. The van der Waals surface area contributed by atoms with Gasteiger partial charge in [0.05, 0.1) is 0 Å². The van der Waals surface area contributed by atoms with Crippen molar-refractivity contribution >= 4 is 0 Å². The van der Waals surface area contributed by atoms with Crippen molar-refractivity contribution in [3.8, 4) is 0 Å². The summed E-state index contributed by atoms with van der Waals surface area (Å²) < 4.78 is 0. The molecule has 118 valence electrons. The lowest BCUT2D eigenvalue weighted by atomic mass is 9.95. The fourth-order valence-electron chi connectivity index (χ4n) is 3.75. The topological polar surface area (TPSA) is 29.3 Å². The van der Waals surface area contributed by atoms with Gasteiger partial charge in [-0.3, -0.25) is 4.90 Å². The highest BCUT2D eigenvalue weighted by molar-refractivity contribution is 5.33. The smallest absolute Gasteiger partial charge is 0.0476 e. The molecular formula is C19H32N2. The van der Waals surface area contributed by atoms with Gasteiger partial charge >= 0.3 is 0 Å². The Balaban J connectivity index is 2.31. The average Bonchev–Trinajstić information content (AvgIpc) is 2.95. The monoisotopic (exact) mass is 288 g/mol. The zero-order chi connectivity index (χ0) is 15.4. The van der Waals surface area contributed by atoms with Gasteiger partial charge in [-0.1, -0.05) is 50.5 Å². The molecule has 0 spiro atoms. The summed E-state index contributed by atoms with van der Waals surface area (Å²) in [5, 5.41) is 0. The first-order valence-electron chi connectivity index (χ1n) is 8.56. The summed E-state index contributed by atoms with van der Waals surface area (Å²) in [5.74, 6) is 0.685. The van der Waals surface area contributed by atoms with Crippen LogP contribution < -0.4 is 5.73 Å². The first-order chi connectivity index (χ1) is 10.0. The molecular weight excluding hydrogens is 256 g/mol. The van der Waals surface area contributed by atoms with Crippen molar-refractivity contribution in [1.29, 1.82) is 0 Å². The van der Waals surface area contributed by atoms with Gasteiger partial charge in [-0.25, -0.2) is 0 Å². The SMILES string of the molecule is Cc1ccc(C)c(C(CN)N(CC(C)C)C2CCCC2)c1. The van der Waals surface area contributed by atoms with Crippen LogP contribution in [-0.2, 0) is 0 Å². The van der Waals surface area contributed by atoms with Gasteiger partial charge in [-0.05, 0) is 43.7 Å². The fourth-order valence-corrected chi connectivity index (χ4v) is 3.75. The number of nitrogens with zero attached hydrogens (tertiary/aromatic N) is 1. The lowest BCUT2D eigenvalue weighted by Gasteiger charge is -2.38. The highest BCUT2D eigenvalue weighted by Gasteiger charge is 2.30. The number of rotatable bonds is 6. The lowest BCUT2D eigenvalue weighted by molar-refractivity contribution is 0.121. The molecule has 0 heterocycles. The van der Waals surface area contributed by atoms with E-state index in [0.717, 1.165) is 12.6 Å². The van der Waals surface area contributed by atoms with Gasteiger partial charge in [0.1, 0.15) is 0 Å². The highest BCUT2D eigenvalue weighted by atomic mass is 15.2. The van der Waals surface area contributed by atoms with Crippen LogP contribution in [0.4, 0.5) is 0 Å². The Bertz CT molecular complexity index is 447. The molecule has 2 nitrogen and oxygen atoms in total. The summed E-state index contributed by atoms with van der Waals surface area (Å²) in [7, 11) is 0. The second-order valence-electron chi connectivity index (χ2n) is 7.14. The summed E-state index contributed by atoms with van der Waals surface area (Å²) in [6.07, 6.45) is 5.44. The van der Waals surface area contributed by atoms with E-state index in [0.29, 0.717) is 18.5 Å². The molecule has 1 atom stereocenters. The van der Waals surface area contributed by atoms with Crippen molar-refractivity contribution in [1.82, 2.24) is 4.90 Å². The molecule has 2 heteroatoms. The molecule has 0 aliphatic heterocycles. The standard InChI is InChI=1S/C19H32N2/c1-14(2)13-21(17-7-5-6-8-17)19(12-20)18-11-15(3)9-10-16(18)4/h9-11,14,17,19H,5-8,12-13,20H2,1-4H3. The van der Waals surface area contributed by atoms with Crippen LogP contribution in [0.15, 0.2) is 18.2 Å². The summed E-state index contributed by atoms with van der Waals surface area (Å²) >= 11 is 0. The van der Waals surface area contributed by atoms with Crippen molar-refractivity contribution in [2.75, 3.05) is 13.1 Å². The molecule has 0 saturated heterocycles. The molecule has 2 N–H and O–H groups in total. The van der Waals surface area contributed by atoms with Gasteiger partial charge in [0.15, 0.2) is 0 Å². The van der Waals surface area contributed by atoms with E-state index < -0.39 is 0 Å². The number of aryl methyl sites for hydroxylation is 2. The summed E-state index contributed by atoms with van der Waals surface area (Å²) in [6.45, 7) is 10.9. The maximum Gasteiger partial charge on any atom is 0.0476 e. The van der Waals surface area contributed by atoms with Crippen LogP contribution in [0.25, 0.3) is 0 Å². The Morgan fingerprint density at radius 3 is 2.43 bits per heavy atom. The first-order valence-corrected chi connectivity index (χ1v) is 8.56. The van der Waals surface area contributed by atoms with Gasteiger partial charge < -0.3 is 5.73 Å². The van der Waals surface area contributed by atoms with E-state index in [1.807, 2.05) is 0 Å². The van der Waals surface area contributed by atoms with Gasteiger partial charge in [0, 0.05) is 25.2 Å². The Kier molecular flexibility index (Phi) is 5.83. The third-order valence-corrected chi connectivity index (χ3v) is 4.79. The third-order valence-electron chi connectivity index (χ3n) is 4.79. The molecule has 1 aliphatic carbocycles. The molecule has 1 fully saturated rings. The number of hydrogen-bond donors (Lipinski definition) is 1. The van der Waals surface area contributed by atoms with E-state index in [-0.39, 0.29) is 0 Å². The number of nitrogens with two attached hydrogens (primary N) is 1. The summed E-state index contributed by atoms with van der Waals surface area (Å²) in [4.78, 5) is 2.71. The van der Waals surface area contributed by atoms with Crippen molar-refractivity contribution in [3.05, 3.63) is 34.9 Å². The summed E-state index contributed by atoms with van der Waals surface area (Å²) in [5.41, 5.74) is 10.4. The zero-order valence-electron chi connectivity index (χ0n) is 14.2. The largest absolute Gasteiger partial charge is 0.329 e. The average molecular weight is 288 g/mol. The molecule has 0 amide bonds. The molecule has 1 aromatic rings. The van der Waals surface area contributed by atoms with Crippen molar-refractivity contribution in [2.24, 2.45) is 11.7 Å². The molecule has 0 radical (unpaired) electrons. The van der Waals surface area contributed by atoms with E-state index >= 15 is 0 Å². The molecule has 2 rings (SSSR count). The lowest BCUT2D eigenvalue weighted by Crippen LogP contribution is -2.42. The molecule has 1 aliphatic rings. The quantitative estimate of drug-likeness (QED) is 0.850. The molecule has 0 bridgehead atoms. The molecule has 1 saturated carbocycles. The second kappa shape index (κ2) is 7.42. The van der Waals surface area contributed by atoms with Crippen LogP contribution in [0.3, 0.4) is 0 Å². The van der Waals surface area contributed by atoms with E-state index in [2.05, 4.69) is 50.8 Å². The predicted molar refractivity (Wildman–Crippen MR) is 91.5 cm³/mol. The Morgan fingerprint density at radius 2 is 1.86 bits per heavy atom. The third kappa shape index (κ3) is 4.08. The zero-order valence-corrected chi connectivity index (χ0v) is 14.2. The second-order valence-corrected chi connectivity index (χ2v) is 7.14. The Labute approximate surface area is 130 Å². The van der Waals surface area contributed by atoms with Crippen LogP contribution in [0, 0.1) is 19.8 Å². The highest BCUT2D eigenvalue weighted by Crippen LogP contribution is 2.33. The first kappa shape index (κ1) is 16.5. The maximum absolute atomic E-state index is 6.23. The minimum absolute atomic E-state index is 0.371. The van der Waals surface area contributed by atoms with Crippen LogP contribution in [0.1, 0.15) is 62.3 Å². The van der Waals surface area contributed by atoms with E-state index in [1.54, 1.807) is 0 Å². The van der Waals surface area contributed by atoms with E-state index in [1.165, 1.54) is 42.4 Å². The minimum Gasteiger partial charge on any atom is -0.329 e. The van der Waals surface area contributed by atoms with Gasteiger partial charge in [0.25, 0.3) is 0 Å². The van der Waals surface area contributed by atoms with E-state index in [4.69, 9.17) is 5.73 Å². The Morgan fingerprint density at radius 1 is 1.19 bits per heavy atom. The maximum atomic E-state index is 6.23. The van der Waals surface area contributed by atoms with Gasteiger partial charge in [-0.15, -0.1) is 0 Å². The van der Waals surface area contributed by atoms with Gasteiger partial charge in [0.2, 0.25) is 0 Å². The van der Waals surface area contributed by atoms with Gasteiger partial charge in [-0.2, -0.15) is 0 Å². The predicted octanol–water partition coefficient (Wildman–Crippen LogP) is 4.20.